The second kappa shape index (κ2) is 6.05. The Morgan fingerprint density at radius 1 is 1.59 bits per heavy atom. The third kappa shape index (κ3) is 3.92. The average molecular weight is 259 g/mol. The molecule has 1 rings (SSSR count). The molecule has 17 heavy (non-hydrogen) atoms. The Balaban J connectivity index is 2.77. The van der Waals surface area contributed by atoms with E-state index in [1.54, 1.807) is 6.92 Å². The highest BCUT2D eigenvalue weighted by Gasteiger charge is 2.14. The number of carbonyl (C=O) groups is 1. The largest absolute Gasteiger partial charge is 0.450 e. The zero-order valence-electron chi connectivity index (χ0n) is 9.10. The highest BCUT2D eigenvalue weighted by molar-refractivity contribution is 6.30. The number of carbonyl (C=O) groups excluding carboxylic acids is 1. The van der Waals surface area contributed by atoms with Gasteiger partial charge in [-0.1, -0.05) is 11.6 Å². The van der Waals surface area contributed by atoms with Crippen molar-refractivity contribution in [1.29, 1.82) is 0 Å². The van der Waals surface area contributed by atoms with Crippen LogP contribution in [0.1, 0.15) is 12.5 Å². The number of nitrogens with zero attached hydrogens (tertiary/aromatic N) is 1. The summed E-state index contributed by atoms with van der Waals surface area (Å²) in [4.78, 5) is 21.2. The van der Waals surface area contributed by atoms with Crippen LogP contribution in [0.4, 0.5) is 10.5 Å². The molecule has 0 bridgehead atoms. The first-order valence-electron chi connectivity index (χ1n) is 4.88. The lowest BCUT2D eigenvalue weighted by molar-refractivity contribution is -0.385. The van der Waals surface area contributed by atoms with Crippen LogP contribution in [0.3, 0.4) is 0 Å². The van der Waals surface area contributed by atoms with E-state index in [0.29, 0.717) is 5.56 Å². The van der Waals surface area contributed by atoms with E-state index in [9.17, 15) is 14.9 Å². The molecule has 1 aromatic rings. The van der Waals surface area contributed by atoms with Gasteiger partial charge >= 0.3 is 6.09 Å². The SMILES string of the molecule is CCOC(=O)NCc1ccc(Cl)cc1[N+](=O)[O-]. The Hall–Kier alpha value is -1.82. The number of nitro groups is 1. The molecular weight excluding hydrogens is 248 g/mol. The van der Waals surface area contributed by atoms with Gasteiger partial charge in [0.15, 0.2) is 0 Å². The van der Waals surface area contributed by atoms with Gasteiger partial charge in [-0.05, 0) is 19.1 Å². The van der Waals surface area contributed by atoms with Crippen molar-refractivity contribution in [1.82, 2.24) is 5.32 Å². The van der Waals surface area contributed by atoms with Gasteiger partial charge in [-0.25, -0.2) is 4.79 Å². The number of benzene rings is 1. The molecule has 0 saturated carbocycles. The zero-order valence-corrected chi connectivity index (χ0v) is 9.86. The first-order chi connectivity index (χ1) is 8.04. The maximum atomic E-state index is 11.0. The summed E-state index contributed by atoms with van der Waals surface area (Å²) in [5.41, 5.74) is 0.238. The Kier molecular flexibility index (Phi) is 4.71. The highest BCUT2D eigenvalue weighted by Crippen LogP contribution is 2.22. The van der Waals surface area contributed by atoms with Gasteiger partial charge in [0.2, 0.25) is 0 Å². The summed E-state index contributed by atoms with van der Waals surface area (Å²) < 4.78 is 4.64. The van der Waals surface area contributed by atoms with Gasteiger partial charge in [0.05, 0.1) is 18.1 Å². The molecule has 1 aromatic carbocycles. The molecule has 7 heteroatoms. The second-order valence-electron chi connectivity index (χ2n) is 3.10. The van der Waals surface area contributed by atoms with E-state index in [1.165, 1.54) is 18.2 Å². The summed E-state index contributed by atoms with van der Waals surface area (Å²) in [5, 5.41) is 13.4. The maximum absolute atomic E-state index is 11.0. The molecule has 0 unspecified atom stereocenters. The van der Waals surface area contributed by atoms with Crippen LogP contribution in [0.5, 0.6) is 0 Å². The molecule has 0 saturated heterocycles. The van der Waals surface area contributed by atoms with Crippen molar-refractivity contribution in [3.05, 3.63) is 38.9 Å². The number of ether oxygens (including phenoxy) is 1. The highest BCUT2D eigenvalue weighted by atomic mass is 35.5. The molecule has 1 N–H and O–H groups in total. The summed E-state index contributed by atoms with van der Waals surface area (Å²) in [6.07, 6.45) is -0.614. The smallest absolute Gasteiger partial charge is 0.407 e. The molecule has 0 fully saturated rings. The molecule has 0 heterocycles. The molecule has 92 valence electrons. The number of rotatable bonds is 4. The quantitative estimate of drug-likeness (QED) is 0.664. The minimum atomic E-state index is -0.614. The predicted octanol–water partition coefficient (Wildman–Crippen LogP) is 2.49. The summed E-state index contributed by atoms with van der Waals surface area (Å²) in [5.74, 6) is 0. The fourth-order valence-electron chi connectivity index (χ4n) is 1.21. The molecular formula is C10H11ClN2O4. The molecule has 0 spiro atoms. The molecule has 0 aromatic heterocycles. The van der Waals surface area contributed by atoms with E-state index in [2.05, 4.69) is 10.1 Å². The van der Waals surface area contributed by atoms with E-state index >= 15 is 0 Å². The third-order valence-corrected chi connectivity index (χ3v) is 2.18. The van der Waals surface area contributed by atoms with Gasteiger partial charge in [-0.15, -0.1) is 0 Å². The number of alkyl carbamates (subject to hydrolysis) is 1. The van der Waals surface area contributed by atoms with Crippen LogP contribution in [-0.2, 0) is 11.3 Å². The topological polar surface area (TPSA) is 81.5 Å². The second-order valence-corrected chi connectivity index (χ2v) is 3.54. The standard InChI is InChI=1S/C10H11ClN2O4/c1-2-17-10(14)12-6-7-3-4-8(11)5-9(7)13(15)16/h3-5H,2,6H2,1H3,(H,12,14). The van der Waals surface area contributed by atoms with Crippen LogP contribution in [0.25, 0.3) is 0 Å². The molecule has 0 radical (unpaired) electrons. The van der Waals surface area contributed by atoms with Gasteiger partial charge in [-0.2, -0.15) is 0 Å². The fraction of sp³-hybridized carbons (Fsp3) is 0.300. The van der Waals surface area contributed by atoms with Crippen LogP contribution in [0, 0.1) is 10.1 Å². The Morgan fingerprint density at radius 3 is 2.88 bits per heavy atom. The molecule has 0 aliphatic rings. The van der Waals surface area contributed by atoms with Crippen LogP contribution < -0.4 is 5.32 Å². The van der Waals surface area contributed by atoms with Crippen LogP contribution in [0.2, 0.25) is 5.02 Å². The summed E-state index contributed by atoms with van der Waals surface area (Å²) in [7, 11) is 0. The first-order valence-corrected chi connectivity index (χ1v) is 5.25. The van der Waals surface area contributed by atoms with E-state index in [0.717, 1.165) is 0 Å². The van der Waals surface area contributed by atoms with E-state index in [-0.39, 0.29) is 23.9 Å². The number of halogens is 1. The zero-order chi connectivity index (χ0) is 12.8. The normalized spacial score (nSPS) is 9.76. The summed E-state index contributed by atoms with van der Waals surface area (Å²) in [6, 6.07) is 4.26. The Labute approximate surface area is 103 Å². The minimum Gasteiger partial charge on any atom is -0.450 e. The van der Waals surface area contributed by atoms with Crippen molar-refractivity contribution in [2.75, 3.05) is 6.61 Å². The van der Waals surface area contributed by atoms with Gasteiger partial charge < -0.3 is 10.1 Å². The lowest BCUT2D eigenvalue weighted by Gasteiger charge is -2.06. The van der Waals surface area contributed by atoms with Crippen LogP contribution in [0.15, 0.2) is 18.2 Å². The molecule has 0 aliphatic carbocycles. The number of hydrogen-bond acceptors (Lipinski definition) is 4. The van der Waals surface area contributed by atoms with Gasteiger partial charge in [-0.3, -0.25) is 10.1 Å². The molecule has 0 atom stereocenters. The van der Waals surface area contributed by atoms with Crippen LogP contribution >= 0.6 is 11.6 Å². The van der Waals surface area contributed by atoms with Gasteiger partial charge in [0, 0.05) is 16.7 Å². The van der Waals surface area contributed by atoms with Crippen molar-refractivity contribution in [3.8, 4) is 0 Å². The van der Waals surface area contributed by atoms with E-state index < -0.39 is 11.0 Å². The van der Waals surface area contributed by atoms with Crippen molar-refractivity contribution in [2.45, 2.75) is 13.5 Å². The van der Waals surface area contributed by atoms with E-state index in [1.807, 2.05) is 0 Å². The number of amides is 1. The number of nitro benzene ring substituents is 1. The van der Waals surface area contributed by atoms with Crippen molar-refractivity contribution < 1.29 is 14.5 Å². The van der Waals surface area contributed by atoms with E-state index in [4.69, 9.17) is 11.6 Å². The minimum absolute atomic E-state index is 0.0202. The first kappa shape index (κ1) is 13.2. The average Bonchev–Trinajstić information content (AvgIpc) is 2.27. The molecule has 1 amide bonds. The summed E-state index contributed by atoms with van der Waals surface area (Å²) >= 11 is 5.66. The maximum Gasteiger partial charge on any atom is 0.407 e. The van der Waals surface area contributed by atoms with Crippen LogP contribution in [-0.4, -0.2) is 17.6 Å². The van der Waals surface area contributed by atoms with Crippen molar-refractivity contribution >= 4 is 23.4 Å². The number of hydrogen-bond donors (Lipinski definition) is 1. The lowest BCUT2D eigenvalue weighted by atomic mass is 10.2. The lowest BCUT2D eigenvalue weighted by Crippen LogP contribution is -2.24. The van der Waals surface area contributed by atoms with Gasteiger partial charge in [0.25, 0.3) is 5.69 Å². The molecule has 0 aliphatic heterocycles. The fourth-order valence-corrected chi connectivity index (χ4v) is 1.37. The monoisotopic (exact) mass is 258 g/mol. The Morgan fingerprint density at radius 2 is 2.29 bits per heavy atom. The van der Waals surface area contributed by atoms with Gasteiger partial charge in [0.1, 0.15) is 0 Å². The Bertz CT molecular complexity index is 436. The third-order valence-electron chi connectivity index (χ3n) is 1.94. The van der Waals surface area contributed by atoms with Crippen molar-refractivity contribution in [3.63, 3.8) is 0 Å². The van der Waals surface area contributed by atoms with Crippen molar-refractivity contribution in [2.24, 2.45) is 0 Å². The molecule has 6 nitrogen and oxygen atoms in total. The number of nitrogens with one attached hydrogen (secondary N) is 1. The summed E-state index contributed by atoms with van der Waals surface area (Å²) in [6.45, 7) is 1.94. The predicted molar refractivity (Wildman–Crippen MR) is 62.0 cm³/mol.